The van der Waals surface area contributed by atoms with E-state index in [0.717, 1.165) is 25.8 Å². The summed E-state index contributed by atoms with van der Waals surface area (Å²) in [6.45, 7) is 2.15. The van der Waals surface area contributed by atoms with Crippen molar-refractivity contribution in [1.29, 1.82) is 0 Å². The number of hydrogen-bond acceptors (Lipinski definition) is 3. The van der Waals surface area contributed by atoms with Crippen LogP contribution >= 0.6 is 0 Å². The number of unbranched alkanes of at least 4 members (excludes halogenated alkanes) is 1. The standard InChI is InChI=1S/C10H22N2O2/c1-12(8-5-9-14-2)10(13)6-3-4-7-11/h3-9,11H2,1-2H3. The Hall–Kier alpha value is -0.610. The summed E-state index contributed by atoms with van der Waals surface area (Å²) in [4.78, 5) is 13.2. The zero-order valence-electron chi connectivity index (χ0n) is 9.29. The molecule has 1 amide bonds. The van der Waals surface area contributed by atoms with Gasteiger partial charge >= 0.3 is 0 Å². The Labute approximate surface area is 86.4 Å². The predicted octanol–water partition coefficient (Wildman–Crippen LogP) is 0.610. The molecule has 0 bridgehead atoms. The van der Waals surface area contributed by atoms with E-state index in [1.54, 1.807) is 12.0 Å². The van der Waals surface area contributed by atoms with Crippen LogP contribution in [0.1, 0.15) is 25.7 Å². The molecule has 4 heteroatoms. The molecule has 0 radical (unpaired) electrons. The molecule has 0 unspecified atom stereocenters. The molecule has 0 fully saturated rings. The molecule has 4 nitrogen and oxygen atoms in total. The zero-order valence-corrected chi connectivity index (χ0v) is 9.29. The Morgan fingerprint density at radius 2 is 2.07 bits per heavy atom. The number of rotatable bonds is 8. The molecule has 0 saturated carbocycles. The van der Waals surface area contributed by atoms with Crippen LogP contribution in [0.5, 0.6) is 0 Å². The van der Waals surface area contributed by atoms with E-state index in [9.17, 15) is 4.79 Å². The third-order valence-corrected chi connectivity index (χ3v) is 2.11. The fraction of sp³-hybridized carbons (Fsp3) is 0.900. The van der Waals surface area contributed by atoms with E-state index in [1.165, 1.54) is 0 Å². The second-order valence-corrected chi connectivity index (χ2v) is 3.41. The molecule has 0 spiro atoms. The molecule has 2 N–H and O–H groups in total. The lowest BCUT2D eigenvalue weighted by atomic mass is 10.2. The number of ether oxygens (including phenoxy) is 1. The van der Waals surface area contributed by atoms with Gasteiger partial charge < -0.3 is 15.4 Å². The molecule has 0 aliphatic carbocycles. The summed E-state index contributed by atoms with van der Waals surface area (Å²) in [6.07, 6.45) is 3.33. The number of nitrogens with zero attached hydrogens (tertiary/aromatic N) is 1. The molecule has 0 aromatic rings. The van der Waals surface area contributed by atoms with Crippen LogP contribution in [0.15, 0.2) is 0 Å². The van der Waals surface area contributed by atoms with Gasteiger partial charge in [-0.1, -0.05) is 0 Å². The van der Waals surface area contributed by atoms with Gasteiger partial charge in [0.05, 0.1) is 0 Å². The Morgan fingerprint density at radius 3 is 2.64 bits per heavy atom. The normalized spacial score (nSPS) is 10.2. The summed E-state index contributed by atoms with van der Waals surface area (Å²) in [5.41, 5.74) is 5.35. The summed E-state index contributed by atoms with van der Waals surface area (Å²) in [5, 5.41) is 0. The molecular weight excluding hydrogens is 180 g/mol. The number of hydrogen-bond donors (Lipinski definition) is 1. The van der Waals surface area contributed by atoms with Crippen molar-refractivity contribution < 1.29 is 9.53 Å². The van der Waals surface area contributed by atoms with E-state index >= 15 is 0 Å². The molecule has 0 atom stereocenters. The maximum atomic E-state index is 11.5. The average molecular weight is 202 g/mol. The van der Waals surface area contributed by atoms with E-state index in [1.807, 2.05) is 7.05 Å². The fourth-order valence-electron chi connectivity index (χ4n) is 1.18. The largest absolute Gasteiger partial charge is 0.385 e. The van der Waals surface area contributed by atoms with E-state index in [4.69, 9.17) is 10.5 Å². The Balaban J connectivity index is 3.44. The van der Waals surface area contributed by atoms with Gasteiger partial charge in [-0.15, -0.1) is 0 Å². The molecule has 0 aromatic carbocycles. The SMILES string of the molecule is COCCCN(C)C(=O)CCCCN. The van der Waals surface area contributed by atoms with E-state index < -0.39 is 0 Å². The van der Waals surface area contributed by atoms with Crippen molar-refractivity contribution >= 4 is 5.91 Å². The van der Waals surface area contributed by atoms with Crippen molar-refractivity contribution in [3.63, 3.8) is 0 Å². The Bertz CT molecular complexity index is 151. The van der Waals surface area contributed by atoms with Gasteiger partial charge in [0.1, 0.15) is 0 Å². The topological polar surface area (TPSA) is 55.6 Å². The molecule has 0 aliphatic rings. The smallest absolute Gasteiger partial charge is 0.222 e. The van der Waals surface area contributed by atoms with Gasteiger partial charge in [-0.05, 0) is 25.8 Å². The maximum absolute atomic E-state index is 11.5. The number of carbonyl (C=O) groups excluding carboxylic acids is 1. The molecule has 0 rings (SSSR count). The minimum absolute atomic E-state index is 0.203. The minimum atomic E-state index is 0.203. The van der Waals surface area contributed by atoms with Crippen molar-refractivity contribution in [1.82, 2.24) is 4.90 Å². The second kappa shape index (κ2) is 8.97. The molecule has 0 aliphatic heterocycles. The average Bonchev–Trinajstić information content (AvgIpc) is 2.18. The first-order valence-corrected chi connectivity index (χ1v) is 5.15. The van der Waals surface area contributed by atoms with Gasteiger partial charge in [-0.25, -0.2) is 0 Å². The lowest BCUT2D eigenvalue weighted by Crippen LogP contribution is -2.28. The van der Waals surface area contributed by atoms with Gasteiger partial charge in [-0.2, -0.15) is 0 Å². The maximum Gasteiger partial charge on any atom is 0.222 e. The van der Waals surface area contributed by atoms with Gasteiger partial charge in [0.15, 0.2) is 0 Å². The Kier molecular flexibility index (Phi) is 8.57. The molecule has 84 valence electrons. The van der Waals surface area contributed by atoms with Crippen molar-refractivity contribution in [2.45, 2.75) is 25.7 Å². The van der Waals surface area contributed by atoms with Crippen molar-refractivity contribution in [2.75, 3.05) is 33.9 Å². The molecule has 0 saturated heterocycles. The van der Waals surface area contributed by atoms with Crippen LogP contribution in [-0.2, 0) is 9.53 Å². The quantitative estimate of drug-likeness (QED) is 0.587. The minimum Gasteiger partial charge on any atom is -0.385 e. The number of nitrogens with two attached hydrogens (primary N) is 1. The highest BCUT2D eigenvalue weighted by atomic mass is 16.5. The van der Waals surface area contributed by atoms with Gasteiger partial charge in [0.25, 0.3) is 0 Å². The van der Waals surface area contributed by atoms with Crippen LogP contribution in [0.25, 0.3) is 0 Å². The first kappa shape index (κ1) is 13.4. The van der Waals surface area contributed by atoms with Crippen molar-refractivity contribution in [2.24, 2.45) is 5.73 Å². The van der Waals surface area contributed by atoms with Gasteiger partial charge in [0, 0.05) is 33.7 Å². The number of methoxy groups -OCH3 is 1. The van der Waals surface area contributed by atoms with Gasteiger partial charge in [0.2, 0.25) is 5.91 Å². The van der Waals surface area contributed by atoms with Crippen molar-refractivity contribution in [3.05, 3.63) is 0 Å². The summed E-state index contributed by atoms with van der Waals surface area (Å²) in [6, 6.07) is 0. The summed E-state index contributed by atoms with van der Waals surface area (Å²) in [5.74, 6) is 0.203. The molecule has 0 aromatic heterocycles. The predicted molar refractivity (Wildman–Crippen MR) is 57.0 cm³/mol. The van der Waals surface area contributed by atoms with Crippen LogP contribution in [0.3, 0.4) is 0 Å². The summed E-state index contributed by atoms with van der Waals surface area (Å²) < 4.78 is 4.92. The Morgan fingerprint density at radius 1 is 1.36 bits per heavy atom. The molecule has 0 heterocycles. The number of amides is 1. The highest BCUT2D eigenvalue weighted by Gasteiger charge is 2.06. The number of carbonyl (C=O) groups is 1. The zero-order chi connectivity index (χ0) is 10.8. The monoisotopic (exact) mass is 202 g/mol. The molecule has 14 heavy (non-hydrogen) atoms. The van der Waals surface area contributed by atoms with E-state index in [2.05, 4.69) is 0 Å². The highest BCUT2D eigenvalue weighted by molar-refractivity contribution is 5.75. The van der Waals surface area contributed by atoms with Crippen LogP contribution in [-0.4, -0.2) is 44.7 Å². The third-order valence-electron chi connectivity index (χ3n) is 2.11. The lowest BCUT2D eigenvalue weighted by Gasteiger charge is -2.16. The highest BCUT2D eigenvalue weighted by Crippen LogP contribution is 1.99. The fourth-order valence-corrected chi connectivity index (χ4v) is 1.18. The van der Waals surface area contributed by atoms with Crippen LogP contribution < -0.4 is 5.73 Å². The van der Waals surface area contributed by atoms with Gasteiger partial charge in [-0.3, -0.25) is 4.79 Å². The van der Waals surface area contributed by atoms with Crippen molar-refractivity contribution in [3.8, 4) is 0 Å². The van der Waals surface area contributed by atoms with E-state index in [0.29, 0.717) is 19.6 Å². The van der Waals surface area contributed by atoms with Crippen LogP contribution in [0, 0.1) is 0 Å². The second-order valence-electron chi connectivity index (χ2n) is 3.41. The first-order chi connectivity index (χ1) is 6.72. The van der Waals surface area contributed by atoms with E-state index in [-0.39, 0.29) is 5.91 Å². The van der Waals surface area contributed by atoms with Crippen LogP contribution in [0.2, 0.25) is 0 Å². The van der Waals surface area contributed by atoms with Crippen LogP contribution in [0.4, 0.5) is 0 Å². The summed E-state index contributed by atoms with van der Waals surface area (Å²) in [7, 11) is 3.50. The molecular formula is C10H22N2O2. The third kappa shape index (κ3) is 6.86. The summed E-state index contributed by atoms with van der Waals surface area (Å²) >= 11 is 0. The lowest BCUT2D eigenvalue weighted by molar-refractivity contribution is -0.130. The first-order valence-electron chi connectivity index (χ1n) is 5.15.